The smallest absolute Gasteiger partial charge is 0.167 e. The summed E-state index contributed by atoms with van der Waals surface area (Å²) in [6.07, 6.45) is 0.0831. The minimum Gasteiger partial charge on any atom is -0.387 e. The predicted octanol–water partition coefficient (Wildman–Crippen LogP) is 1.58. The number of aliphatic hydroxyl groups excluding tert-OH is 2. The summed E-state index contributed by atoms with van der Waals surface area (Å²) >= 11 is 1.35. The Morgan fingerprint density at radius 3 is 2.94 bits per heavy atom. The largest absolute Gasteiger partial charge is 0.387 e. The molecular formula is C20H22FN5O4S. The highest BCUT2D eigenvalue weighted by Gasteiger charge is 2.44. The molecule has 9 nitrogen and oxygen atoms in total. The number of nitrogens with zero attached hydrogens (tertiary/aromatic N) is 4. The van der Waals surface area contributed by atoms with Crippen molar-refractivity contribution in [2.24, 2.45) is 0 Å². The number of ether oxygens (including phenoxy) is 2. The summed E-state index contributed by atoms with van der Waals surface area (Å²) in [6.45, 7) is 1.31. The third-order valence-corrected chi connectivity index (χ3v) is 6.53. The molecule has 5 atom stereocenters. The number of hydrogen-bond donors (Lipinski definition) is 3. The molecule has 2 aliphatic rings. The van der Waals surface area contributed by atoms with Crippen molar-refractivity contribution in [3.63, 3.8) is 0 Å². The zero-order valence-electron chi connectivity index (χ0n) is 16.5. The van der Waals surface area contributed by atoms with Gasteiger partial charge in [0.2, 0.25) is 0 Å². The molecule has 0 bridgehead atoms. The van der Waals surface area contributed by atoms with Crippen molar-refractivity contribution in [1.82, 2.24) is 19.5 Å². The number of hydrogen-bond acceptors (Lipinski definition) is 9. The number of aliphatic hydroxyl groups is 2. The van der Waals surface area contributed by atoms with Gasteiger partial charge in [0, 0.05) is 17.3 Å². The summed E-state index contributed by atoms with van der Waals surface area (Å²) in [4.78, 5) is 13.7. The van der Waals surface area contributed by atoms with Crippen molar-refractivity contribution < 1.29 is 24.1 Å². The summed E-state index contributed by atoms with van der Waals surface area (Å²) in [5, 5.41) is 24.5. The van der Waals surface area contributed by atoms with E-state index in [1.54, 1.807) is 16.7 Å². The molecule has 0 spiro atoms. The summed E-state index contributed by atoms with van der Waals surface area (Å²) < 4.78 is 26.4. The molecule has 164 valence electrons. The summed E-state index contributed by atoms with van der Waals surface area (Å²) in [7, 11) is 0. The molecule has 2 unspecified atom stereocenters. The van der Waals surface area contributed by atoms with E-state index in [4.69, 9.17) is 9.47 Å². The van der Waals surface area contributed by atoms with Crippen LogP contribution in [-0.2, 0) is 9.47 Å². The first-order valence-corrected chi connectivity index (χ1v) is 11.0. The fourth-order valence-corrected chi connectivity index (χ4v) is 4.82. The Balaban J connectivity index is 1.33. The average molecular weight is 447 g/mol. The lowest BCUT2D eigenvalue weighted by molar-refractivity contribution is -0.0289. The Morgan fingerprint density at radius 1 is 1.23 bits per heavy atom. The minimum atomic E-state index is -1.16. The second-order valence-corrected chi connectivity index (χ2v) is 8.66. The number of nitrogens with one attached hydrogen (secondary N) is 1. The van der Waals surface area contributed by atoms with E-state index >= 15 is 0 Å². The molecule has 0 radical (unpaired) electrons. The topological polar surface area (TPSA) is 115 Å². The van der Waals surface area contributed by atoms with Gasteiger partial charge in [-0.2, -0.15) is 0 Å². The zero-order valence-corrected chi connectivity index (χ0v) is 17.3. The molecule has 2 fully saturated rings. The molecule has 0 aliphatic carbocycles. The van der Waals surface area contributed by atoms with Crippen LogP contribution in [0, 0.1) is 5.82 Å². The first-order chi connectivity index (χ1) is 15.1. The van der Waals surface area contributed by atoms with Crippen LogP contribution >= 0.6 is 11.8 Å². The summed E-state index contributed by atoms with van der Waals surface area (Å²) in [5.74, 6) is 0.619. The molecule has 2 saturated heterocycles. The number of fused-ring (bicyclic) bond motifs is 1. The fraction of sp³-hybridized carbons (Fsp3) is 0.450. The van der Waals surface area contributed by atoms with Gasteiger partial charge >= 0.3 is 0 Å². The maximum absolute atomic E-state index is 13.4. The van der Waals surface area contributed by atoms with E-state index < -0.39 is 24.5 Å². The molecule has 2 aromatic heterocycles. The molecule has 31 heavy (non-hydrogen) atoms. The Kier molecular flexibility index (Phi) is 5.76. The van der Waals surface area contributed by atoms with Crippen LogP contribution in [0.25, 0.3) is 11.2 Å². The van der Waals surface area contributed by atoms with Crippen molar-refractivity contribution >= 4 is 28.7 Å². The van der Waals surface area contributed by atoms with E-state index in [9.17, 15) is 14.6 Å². The van der Waals surface area contributed by atoms with Crippen LogP contribution in [0.5, 0.6) is 0 Å². The number of anilines is 1. The van der Waals surface area contributed by atoms with E-state index in [0.29, 0.717) is 35.9 Å². The average Bonchev–Trinajstić information content (AvgIpc) is 3.49. The third-order valence-electron chi connectivity index (χ3n) is 5.45. The SMILES string of the molecule is O[C@@H]1[C@@H](CSc2cccc(F)c2)OC(n2cnc3c(NC4CCOC4)ncnc32)[C@@H]1O. The molecule has 3 aromatic rings. The third kappa shape index (κ3) is 4.11. The Bertz CT molecular complexity index is 1060. The molecular weight excluding hydrogens is 425 g/mol. The molecule has 0 saturated carbocycles. The highest BCUT2D eigenvalue weighted by Crippen LogP contribution is 2.35. The number of halogens is 1. The Labute approximate surface area is 181 Å². The van der Waals surface area contributed by atoms with Gasteiger partial charge < -0.3 is 25.0 Å². The maximum atomic E-state index is 13.4. The summed E-state index contributed by atoms with van der Waals surface area (Å²) in [6, 6.07) is 6.36. The molecule has 5 rings (SSSR count). The van der Waals surface area contributed by atoms with Crippen LogP contribution in [0.2, 0.25) is 0 Å². The van der Waals surface area contributed by atoms with Crippen molar-refractivity contribution in [2.45, 2.75) is 41.9 Å². The van der Waals surface area contributed by atoms with Gasteiger partial charge in [-0.25, -0.2) is 19.3 Å². The first kappa shape index (κ1) is 20.6. The van der Waals surface area contributed by atoms with Crippen molar-refractivity contribution in [1.29, 1.82) is 0 Å². The van der Waals surface area contributed by atoms with Crippen LogP contribution < -0.4 is 5.32 Å². The van der Waals surface area contributed by atoms with Crippen molar-refractivity contribution in [2.75, 3.05) is 24.3 Å². The van der Waals surface area contributed by atoms with Crippen molar-refractivity contribution in [3.05, 3.63) is 42.7 Å². The molecule has 2 aliphatic heterocycles. The highest BCUT2D eigenvalue weighted by atomic mass is 32.2. The number of aromatic nitrogens is 4. The van der Waals surface area contributed by atoms with Crippen LogP contribution in [0.4, 0.5) is 10.2 Å². The standard InChI is InChI=1S/C20H22FN5O4S/c21-11-2-1-3-13(6-11)31-8-14-16(27)17(28)20(30-14)26-10-24-15-18(22-9-23-19(15)26)25-12-4-5-29-7-12/h1-3,6,9-10,12,14,16-17,20,27-28H,4-5,7-8H2,(H,22,23,25)/t12?,14-,16-,17-,20?/m1/s1. The molecule has 11 heteroatoms. The number of thioether (sulfide) groups is 1. The fourth-order valence-electron chi connectivity index (χ4n) is 3.82. The van der Waals surface area contributed by atoms with Gasteiger partial charge in [0.15, 0.2) is 23.2 Å². The lowest BCUT2D eigenvalue weighted by atomic mass is 10.1. The number of benzene rings is 1. The molecule has 4 heterocycles. The molecule has 3 N–H and O–H groups in total. The zero-order chi connectivity index (χ0) is 21.4. The monoisotopic (exact) mass is 447 g/mol. The van der Waals surface area contributed by atoms with Crippen LogP contribution in [-0.4, -0.2) is 73.1 Å². The quantitative estimate of drug-likeness (QED) is 0.485. The van der Waals surface area contributed by atoms with E-state index in [1.165, 1.54) is 36.5 Å². The Morgan fingerprint density at radius 2 is 2.13 bits per heavy atom. The highest BCUT2D eigenvalue weighted by molar-refractivity contribution is 7.99. The van der Waals surface area contributed by atoms with Crippen LogP contribution in [0.15, 0.2) is 41.8 Å². The van der Waals surface area contributed by atoms with Crippen LogP contribution in [0.3, 0.4) is 0 Å². The van der Waals surface area contributed by atoms with Crippen molar-refractivity contribution in [3.8, 4) is 0 Å². The minimum absolute atomic E-state index is 0.155. The molecule has 0 amide bonds. The second kappa shape index (κ2) is 8.67. The van der Waals surface area contributed by atoms with Gasteiger partial charge in [-0.15, -0.1) is 11.8 Å². The number of imidazole rings is 1. The van der Waals surface area contributed by atoms with E-state index in [-0.39, 0.29) is 11.9 Å². The lowest BCUT2D eigenvalue weighted by Gasteiger charge is -2.17. The molecule has 1 aromatic carbocycles. The Hall–Kier alpha value is -2.31. The van der Waals surface area contributed by atoms with E-state index in [2.05, 4.69) is 20.3 Å². The predicted molar refractivity (Wildman–Crippen MR) is 111 cm³/mol. The van der Waals surface area contributed by atoms with Gasteiger partial charge in [-0.05, 0) is 24.6 Å². The summed E-state index contributed by atoms with van der Waals surface area (Å²) in [5.41, 5.74) is 1.04. The van der Waals surface area contributed by atoms with E-state index in [1.807, 2.05) is 0 Å². The lowest BCUT2D eigenvalue weighted by Crippen LogP contribution is -2.32. The first-order valence-electron chi connectivity index (χ1n) is 10.0. The second-order valence-electron chi connectivity index (χ2n) is 7.57. The van der Waals surface area contributed by atoms with Gasteiger partial charge in [-0.3, -0.25) is 4.57 Å². The van der Waals surface area contributed by atoms with Gasteiger partial charge in [-0.1, -0.05) is 6.07 Å². The van der Waals surface area contributed by atoms with Gasteiger partial charge in [0.1, 0.15) is 24.4 Å². The van der Waals surface area contributed by atoms with Crippen LogP contribution in [0.1, 0.15) is 12.6 Å². The van der Waals surface area contributed by atoms with Gasteiger partial charge in [0.05, 0.1) is 25.1 Å². The van der Waals surface area contributed by atoms with Gasteiger partial charge in [0.25, 0.3) is 0 Å². The normalized spacial score (nSPS) is 28.4. The maximum Gasteiger partial charge on any atom is 0.167 e. The van der Waals surface area contributed by atoms with E-state index in [0.717, 1.165) is 11.3 Å². The number of rotatable bonds is 6.